The fourth-order valence-electron chi connectivity index (χ4n) is 2.88. The number of methoxy groups -OCH3 is 1. The van der Waals surface area contributed by atoms with Crippen molar-refractivity contribution in [2.45, 2.75) is 25.4 Å². The van der Waals surface area contributed by atoms with Gasteiger partial charge in [-0.1, -0.05) is 29.8 Å². The van der Waals surface area contributed by atoms with E-state index in [1.54, 1.807) is 37.4 Å². The van der Waals surface area contributed by atoms with Crippen LogP contribution in [0.5, 0.6) is 5.75 Å². The number of quaternary nitrogens is 1. The molecular weight excluding hydrogens is 343 g/mol. The minimum absolute atomic E-state index is 0.112. The Labute approximate surface area is 151 Å². The van der Waals surface area contributed by atoms with Gasteiger partial charge < -0.3 is 15.0 Å². The number of rotatable bonds is 7. The van der Waals surface area contributed by atoms with Crippen molar-refractivity contribution in [3.05, 3.63) is 58.9 Å². The van der Waals surface area contributed by atoms with Gasteiger partial charge in [0.05, 0.1) is 18.2 Å². The Kier molecular flexibility index (Phi) is 5.56. The van der Waals surface area contributed by atoms with Gasteiger partial charge in [-0.2, -0.15) is 0 Å². The maximum atomic E-state index is 13.9. The van der Waals surface area contributed by atoms with Gasteiger partial charge in [-0.25, -0.2) is 4.39 Å². The molecule has 132 valence electrons. The van der Waals surface area contributed by atoms with E-state index >= 15 is 0 Å². The minimum atomic E-state index is -0.219. The number of ether oxygens (including phenoxy) is 1. The smallest absolute Gasteiger partial charge is 0.279 e. The van der Waals surface area contributed by atoms with E-state index in [1.807, 2.05) is 6.07 Å². The van der Waals surface area contributed by atoms with Crippen LogP contribution in [0.2, 0.25) is 5.02 Å². The first-order valence-corrected chi connectivity index (χ1v) is 8.66. The van der Waals surface area contributed by atoms with Crippen LogP contribution < -0.4 is 15.0 Å². The molecule has 1 unspecified atom stereocenters. The third-order valence-electron chi connectivity index (χ3n) is 4.35. The Morgan fingerprint density at radius 3 is 2.72 bits per heavy atom. The number of amides is 1. The van der Waals surface area contributed by atoms with Crippen molar-refractivity contribution in [3.8, 4) is 5.75 Å². The zero-order chi connectivity index (χ0) is 17.8. The molecule has 1 aliphatic carbocycles. The van der Waals surface area contributed by atoms with Crippen molar-refractivity contribution in [1.29, 1.82) is 0 Å². The third-order valence-corrected chi connectivity index (χ3v) is 4.65. The van der Waals surface area contributed by atoms with Crippen LogP contribution in [0.15, 0.2) is 42.5 Å². The molecule has 3 rings (SSSR count). The molecule has 1 amide bonds. The Balaban J connectivity index is 1.63. The molecule has 1 saturated carbocycles. The molecule has 4 nitrogen and oxygen atoms in total. The Morgan fingerprint density at radius 1 is 1.32 bits per heavy atom. The molecule has 0 aromatic heterocycles. The van der Waals surface area contributed by atoms with Crippen LogP contribution in [0.3, 0.4) is 0 Å². The summed E-state index contributed by atoms with van der Waals surface area (Å²) in [5.74, 6) is 0.229. The summed E-state index contributed by atoms with van der Waals surface area (Å²) in [7, 11) is 1.54. The second-order valence-corrected chi connectivity index (χ2v) is 6.68. The van der Waals surface area contributed by atoms with E-state index < -0.39 is 0 Å². The third kappa shape index (κ3) is 4.71. The number of anilines is 1. The van der Waals surface area contributed by atoms with E-state index in [2.05, 4.69) is 5.32 Å². The molecule has 2 aromatic carbocycles. The van der Waals surface area contributed by atoms with Gasteiger partial charge in [-0.3, -0.25) is 4.79 Å². The van der Waals surface area contributed by atoms with Gasteiger partial charge in [0.1, 0.15) is 18.1 Å². The van der Waals surface area contributed by atoms with Gasteiger partial charge in [0.2, 0.25) is 0 Å². The number of hydrogen-bond acceptors (Lipinski definition) is 2. The second kappa shape index (κ2) is 7.85. The molecule has 0 radical (unpaired) electrons. The van der Waals surface area contributed by atoms with Crippen LogP contribution in [0.1, 0.15) is 18.4 Å². The number of hydrogen-bond donors (Lipinski definition) is 2. The van der Waals surface area contributed by atoms with Crippen LogP contribution in [0.25, 0.3) is 0 Å². The molecule has 0 saturated heterocycles. The maximum absolute atomic E-state index is 13.9. The largest absolute Gasteiger partial charge is 0.495 e. The topological polar surface area (TPSA) is 42.8 Å². The summed E-state index contributed by atoms with van der Waals surface area (Å²) in [6, 6.07) is 12.3. The molecule has 0 bridgehead atoms. The van der Waals surface area contributed by atoms with E-state index in [-0.39, 0.29) is 11.7 Å². The van der Waals surface area contributed by atoms with Crippen molar-refractivity contribution in [3.63, 3.8) is 0 Å². The van der Waals surface area contributed by atoms with Gasteiger partial charge in [0.15, 0.2) is 6.54 Å². The summed E-state index contributed by atoms with van der Waals surface area (Å²) >= 11 is 6.08. The van der Waals surface area contributed by atoms with E-state index in [0.29, 0.717) is 41.2 Å². The number of benzene rings is 2. The van der Waals surface area contributed by atoms with Gasteiger partial charge in [-0.15, -0.1) is 0 Å². The molecule has 0 spiro atoms. The highest BCUT2D eigenvalue weighted by Gasteiger charge is 2.35. The van der Waals surface area contributed by atoms with Gasteiger partial charge >= 0.3 is 0 Å². The van der Waals surface area contributed by atoms with Crippen LogP contribution >= 0.6 is 11.6 Å². The first-order chi connectivity index (χ1) is 12.1. The highest BCUT2D eigenvalue weighted by Crippen LogP contribution is 2.27. The summed E-state index contributed by atoms with van der Waals surface area (Å²) in [4.78, 5) is 13.5. The second-order valence-electron chi connectivity index (χ2n) is 6.27. The average Bonchev–Trinajstić information content (AvgIpc) is 3.41. The zero-order valence-corrected chi connectivity index (χ0v) is 14.8. The van der Waals surface area contributed by atoms with Crippen molar-refractivity contribution in [2.24, 2.45) is 0 Å². The summed E-state index contributed by atoms with van der Waals surface area (Å²) < 4.78 is 19.0. The molecule has 25 heavy (non-hydrogen) atoms. The Bertz CT molecular complexity index is 765. The Hall–Kier alpha value is -2.11. The molecule has 0 aliphatic heterocycles. The fraction of sp³-hybridized carbons (Fsp3) is 0.316. The minimum Gasteiger partial charge on any atom is -0.495 e. The van der Waals surface area contributed by atoms with Gasteiger partial charge in [0, 0.05) is 24.1 Å². The zero-order valence-electron chi connectivity index (χ0n) is 14.0. The predicted molar refractivity (Wildman–Crippen MR) is 95.6 cm³/mol. The standard InChI is InChI=1S/C19H20ClFN2O2/c1-25-18-9-6-14(10-16(18)20)22-19(24)12-23(15-7-8-15)11-13-4-2-3-5-17(13)21/h2-6,9-10,15H,7-8,11-12H2,1H3,(H,22,24)/p+1. The monoisotopic (exact) mass is 363 g/mol. The van der Waals surface area contributed by atoms with Crippen LogP contribution in [0, 0.1) is 5.82 Å². The molecule has 0 heterocycles. The van der Waals surface area contributed by atoms with E-state index in [4.69, 9.17) is 16.3 Å². The molecule has 1 atom stereocenters. The van der Waals surface area contributed by atoms with Crippen molar-refractivity contribution in [1.82, 2.24) is 0 Å². The lowest BCUT2D eigenvalue weighted by molar-refractivity contribution is -0.917. The SMILES string of the molecule is COc1ccc(NC(=O)C[NH+](Cc2ccccc2F)C2CC2)cc1Cl. The fourth-order valence-corrected chi connectivity index (χ4v) is 3.14. The van der Waals surface area contributed by atoms with Crippen LogP contribution in [-0.4, -0.2) is 25.6 Å². The predicted octanol–water partition coefficient (Wildman–Crippen LogP) is 2.67. The lowest BCUT2D eigenvalue weighted by atomic mass is 10.2. The summed E-state index contributed by atoms with van der Waals surface area (Å²) in [6.07, 6.45) is 2.15. The lowest BCUT2D eigenvalue weighted by Crippen LogP contribution is -3.13. The molecule has 2 N–H and O–H groups in total. The summed E-state index contributed by atoms with van der Waals surface area (Å²) in [5, 5.41) is 3.30. The van der Waals surface area contributed by atoms with Gasteiger partial charge in [0.25, 0.3) is 5.91 Å². The highest BCUT2D eigenvalue weighted by molar-refractivity contribution is 6.32. The number of carbonyl (C=O) groups is 1. The van der Waals surface area contributed by atoms with Gasteiger partial charge in [-0.05, 0) is 24.3 Å². The van der Waals surface area contributed by atoms with Crippen molar-refractivity contribution < 1.29 is 18.8 Å². The first kappa shape index (κ1) is 17.7. The normalized spacial score (nSPS) is 14.8. The summed E-state index contributed by atoms with van der Waals surface area (Å²) in [6.45, 7) is 0.802. The lowest BCUT2D eigenvalue weighted by Gasteiger charge is -2.19. The summed E-state index contributed by atoms with van der Waals surface area (Å²) in [5.41, 5.74) is 1.27. The highest BCUT2D eigenvalue weighted by atomic mass is 35.5. The number of carbonyl (C=O) groups excluding carboxylic acids is 1. The molecular formula is C19H21ClFN2O2+. The Morgan fingerprint density at radius 2 is 2.08 bits per heavy atom. The van der Waals surface area contributed by atoms with E-state index in [9.17, 15) is 9.18 Å². The number of halogens is 2. The van der Waals surface area contributed by atoms with Crippen molar-refractivity contribution >= 4 is 23.2 Å². The first-order valence-electron chi connectivity index (χ1n) is 8.28. The van der Waals surface area contributed by atoms with Crippen molar-refractivity contribution in [2.75, 3.05) is 19.0 Å². The van der Waals surface area contributed by atoms with E-state index in [1.165, 1.54) is 6.07 Å². The average molecular weight is 364 g/mol. The molecule has 6 heteroatoms. The quantitative estimate of drug-likeness (QED) is 0.794. The molecule has 1 aliphatic rings. The number of nitrogens with one attached hydrogen (secondary N) is 2. The maximum Gasteiger partial charge on any atom is 0.279 e. The molecule has 2 aromatic rings. The van der Waals surface area contributed by atoms with E-state index in [0.717, 1.165) is 17.7 Å². The van der Waals surface area contributed by atoms with Crippen LogP contribution in [0.4, 0.5) is 10.1 Å². The van der Waals surface area contributed by atoms with Crippen LogP contribution in [-0.2, 0) is 11.3 Å². The molecule has 1 fully saturated rings.